The quantitative estimate of drug-likeness (QED) is 0.755. The molecule has 0 spiro atoms. The van der Waals surface area contributed by atoms with Crippen molar-refractivity contribution in [2.24, 2.45) is 0 Å². The smallest absolute Gasteiger partial charge is 0.0491 e. The largest absolute Gasteiger partial charge is 0.384 e. The average Bonchev–Trinajstić information content (AvgIpc) is 2.51. The van der Waals surface area contributed by atoms with Crippen LogP contribution in [0.4, 0.5) is 0 Å². The minimum Gasteiger partial charge on any atom is -0.384 e. The summed E-state index contributed by atoms with van der Waals surface area (Å²) >= 11 is 1.79. The maximum absolute atomic E-state index is 3.37. The second kappa shape index (κ2) is 4.31. The van der Waals surface area contributed by atoms with Crippen LogP contribution in [0.25, 0.3) is 0 Å². The van der Waals surface area contributed by atoms with Gasteiger partial charge in [0.15, 0.2) is 0 Å². The molecule has 1 heterocycles. The molecule has 0 aliphatic carbocycles. The first kappa shape index (κ1) is 9.33. The topological polar surface area (TPSA) is 12.0 Å². The Kier molecular flexibility index (Phi) is 3.35. The third-order valence-corrected chi connectivity index (χ3v) is 2.73. The highest BCUT2D eigenvalue weighted by atomic mass is 32.1. The molecule has 0 amide bonds. The van der Waals surface area contributed by atoms with Gasteiger partial charge in [0, 0.05) is 17.1 Å². The molecule has 66 valence electrons. The molecular formula is C10H15NS. The summed E-state index contributed by atoms with van der Waals surface area (Å²) in [5.74, 6) is 0. The van der Waals surface area contributed by atoms with Gasteiger partial charge in [0.05, 0.1) is 0 Å². The van der Waals surface area contributed by atoms with Gasteiger partial charge in [0.25, 0.3) is 0 Å². The lowest BCUT2D eigenvalue weighted by Gasteiger charge is -2.06. The van der Waals surface area contributed by atoms with Crippen molar-refractivity contribution in [3.63, 3.8) is 0 Å². The Balaban J connectivity index is 2.42. The molecular weight excluding hydrogens is 166 g/mol. The Morgan fingerprint density at radius 3 is 2.67 bits per heavy atom. The van der Waals surface area contributed by atoms with Crippen LogP contribution in [-0.4, -0.2) is 0 Å². The Bertz CT molecular complexity index is 255. The molecule has 1 aromatic rings. The lowest BCUT2D eigenvalue weighted by Crippen LogP contribution is -2.10. The van der Waals surface area contributed by atoms with Gasteiger partial charge in [-0.1, -0.05) is 11.6 Å². The molecule has 0 fully saturated rings. The van der Waals surface area contributed by atoms with E-state index >= 15 is 0 Å². The molecule has 1 N–H and O–H groups in total. The molecule has 0 aliphatic heterocycles. The Morgan fingerprint density at radius 2 is 2.17 bits per heavy atom. The Labute approximate surface area is 78.1 Å². The number of thiophene rings is 1. The van der Waals surface area contributed by atoms with E-state index in [4.69, 9.17) is 0 Å². The second-order valence-corrected chi connectivity index (χ2v) is 4.09. The van der Waals surface area contributed by atoms with E-state index in [1.165, 1.54) is 16.1 Å². The van der Waals surface area contributed by atoms with Crippen LogP contribution in [0.1, 0.15) is 25.6 Å². The summed E-state index contributed by atoms with van der Waals surface area (Å²) in [4.78, 5) is 1.38. The standard InChI is InChI=1S/C10H15NS/c1-8(2)9(3)11-7-10-5-4-6-12-10/h4-6,11H,7H2,1-3H3. The molecule has 0 unspecified atom stereocenters. The maximum atomic E-state index is 3.37. The van der Waals surface area contributed by atoms with Crippen LogP contribution in [-0.2, 0) is 6.54 Å². The van der Waals surface area contributed by atoms with E-state index in [0.717, 1.165) is 6.54 Å². The van der Waals surface area contributed by atoms with Gasteiger partial charge in [0.1, 0.15) is 0 Å². The molecule has 0 bridgehead atoms. The van der Waals surface area contributed by atoms with Crippen molar-refractivity contribution >= 4 is 11.3 Å². The highest BCUT2D eigenvalue weighted by Gasteiger charge is 1.93. The highest BCUT2D eigenvalue weighted by molar-refractivity contribution is 7.09. The maximum Gasteiger partial charge on any atom is 0.0491 e. The summed E-state index contributed by atoms with van der Waals surface area (Å²) in [6, 6.07) is 4.23. The Morgan fingerprint density at radius 1 is 1.42 bits per heavy atom. The number of allylic oxidation sites excluding steroid dienone is 2. The van der Waals surface area contributed by atoms with Crippen molar-refractivity contribution in [3.05, 3.63) is 33.7 Å². The van der Waals surface area contributed by atoms with Gasteiger partial charge >= 0.3 is 0 Å². The van der Waals surface area contributed by atoms with E-state index < -0.39 is 0 Å². The van der Waals surface area contributed by atoms with E-state index in [0.29, 0.717) is 0 Å². The summed E-state index contributed by atoms with van der Waals surface area (Å²) in [7, 11) is 0. The molecule has 1 nitrogen and oxygen atoms in total. The fraction of sp³-hybridized carbons (Fsp3) is 0.400. The number of hydrogen-bond donors (Lipinski definition) is 1. The predicted octanol–water partition coefficient (Wildman–Crippen LogP) is 3.15. The van der Waals surface area contributed by atoms with Gasteiger partial charge in [-0.15, -0.1) is 11.3 Å². The van der Waals surface area contributed by atoms with E-state index in [2.05, 4.69) is 43.6 Å². The monoisotopic (exact) mass is 181 g/mol. The molecule has 0 saturated carbocycles. The van der Waals surface area contributed by atoms with Crippen LogP contribution in [0.3, 0.4) is 0 Å². The van der Waals surface area contributed by atoms with E-state index in [-0.39, 0.29) is 0 Å². The summed E-state index contributed by atoms with van der Waals surface area (Å²) in [6.45, 7) is 7.31. The molecule has 12 heavy (non-hydrogen) atoms. The zero-order valence-electron chi connectivity index (χ0n) is 7.85. The van der Waals surface area contributed by atoms with Crippen molar-refractivity contribution in [3.8, 4) is 0 Å². The second-order valence-electron chi connectivity index (χ2n) is 3.06. The van der Waals surface area contributed by atoms with Gasteiger partial charge in [0.2, 0.25) is 0 Å². The minimum atomic E-state index is 0.953. The van der Waals surface area contributed by atoms with Crippen LogP contribution < -0.4 is 5.32 Å². The number of nitrogens with one attached hydrogen (secondary N) is 1. The van der Waals surface area contributed by atoms with Crippen LogP contribution in [0.15, 0.2) is 28.8 Å². The molecule has 0 saturated heterocycles. The van der Waals surface area contributed by atoms with Crippen molar-refractivity contribution in [2.45, 2.75) is 27.3 Å². The molecule has 0 aliphatic rings. The number of rotatable bonds is 3. The first-order chi connectivity index (χ1) is 5.70. The van der Waals surface area contributed by atoms with Gasteiger partial charge in [-0.25, -0.2) is 0 Å². The van der Waals surface area contributed by atoms with Crippen molar-refractivity contribution in [2.75, 3.05) is 0 Å². The fourth-order valence-electron chi connectivity index (χ4n) is 0.810. The zero-order chi connectivity index (χ0) is 8.97. The van der Waals surface area contributed by atoms with Crippen molar-refractivity contribution in [1.29, 1.82) is 0 Å². The van der Waals surface area contributed by atoms with Crippen molar-refractivity contribution < 1.29 is 0 Å². The lowest BCUT2D eigenvalue weighted by molar-refractivity contribution is 0.810. The summed E-state index contributed by atoms with van der Waals surface area (Å²) < 4.78 is 0. The zero-order valence-corrected chi connectivity index (χ0v) is 8.66. The third kappa shape index (κ3) is 2.70. The molecule has 1 rings (SSSR count). The van der Waals surface area contributed by atoms with E-state index in [1.807, 2.05) is 0 Å². The third-order valence-electron chi connectivity index (χ3n) is 1.86. The molecule has 0 radical (unpaired) electrons. The molecule has 0 aromatic carbocycles. The summed E-state index contributed by atoms with van der Waals surface area (Å²) in [5.41, 5.74) is 2.63. The van der Waals surface area contributed by atoms with Gasteiger partial charge in [-0.2, -0.15) is 0 Å². The first-order valence-electron chi connectivity index (χ1n) is 4.10. The minimum absolute atomic E-state index is 0.953. The molecule has 2 heteroatoms. The van der Waals surface area contributed by atoms with Crippen LogP contribution >= 0.6 is 11.3 Å². The van der Waals surface area contributed by atoms with E-state index in [9.17, 15) is 0 Å². The van der Waals surface area contributed by atoms with Crippen molar-refractivity contribution in [1.82, 2.24) is 5.32 Å². The highest BCUT2D eigenvalue weighted by Crippen LogP contribution is 2.08. The lowest BCUT2D eigenvalue weighted by atomic mass is 10.3. The molecule has 0 atom stereocenters. The van der Waals surface area contributed by atoms with Gasteiger partial charge in [-0.05, 0) is 32.2 Å². The van der Waals surface area contributed by atoms with E-state index in [1.54, 1.807) is 11.3 Å². The normalized spacial score (nSPS) is 9.58. The molecule has 1 aromatic heterocycles. The SMILES string of the molecule is CC(C)=C(C)NCc1cccs1. The Hall–Kier alpha value is -0.760. The summed E-state index contributed by atoms with van der Waals surface area (Å²) in [6.07, 6.45) is 0. The predicted molar refractivity (Wildman–Crippen MR) is 55.2 cm³/mol. The van der Waals surface area contributed by atoms with Crippen LogP contribution in [0, 0.1) is 0 Å². The van der Waals surface area contributed by atoms with Crippen LogP contribution in [0.2, 0.25) is 0 Å². The fourth-order valence-corrected chi connectivity index (χ4v) is 1.45. The average molecular weight is 181 g/mol. The summed E-state index contributed by atoms with van der Waals surface area (Å²) in [5, 5.41) is 5.48. The van der Waals surface area contributed by atoms with Gasteiger partial charge < -0.3 is 5.32 Å². The first-order valence-corrected chi connectivity index (χ1v) is 4.98. The number of hydrogen-bond acceptors (Lipinski definition) is 2. The van der Waals surface area contributed by atoms with Gasteiger partial charge in [-0.3, -0.25) is 0 Å². The van der Waals surface area contributed by atoms with Crippen LogP contribution in [0.5, 0.6) is 0 Å².